The van der Waals surface area contributed by atoms with Gasteiger partial charge in [-0.25, -0.2) is 0 Å². The number of nitrogens with one attached hydrogen (secondary N) is 1. The van der Waals surface area contributed by atoms with Crippen LogP contribution in [0.2, 0.25) is 0 Å². The molecule has 2 aliphatic heterocycles. The lowest BCUT2D eigenvalue weighted by Crippen LogP contribution is -2.41. The van der Waals surface area contributed by atoms with Crippen molar-refractivity contribution in [2.45, 2.75) is 38.6 Å². The third kappa shape index (κ3) is 5.46. The van der Waals surface area contributed by atoms with E-state index in [9.17, 15) is 4.79 Å². The van der Waals surface area contributed by atoms with Crippen molar-refractivity contribution in [3.63, 3.8) is 0 Å². The highest BCUT2D eigenvalue weighted by Gasteiger charge is 2.25. The molecular weight excluding hydrogens is 388 g/mol. The number of aromatic nitrogens is 2. The Morgan fingerprint density at radius 1 is 1.23 bits per heavy atom. The summed E-state index contributed by atoms with van der Waals surface area (Å²) in [7, 11) is 3.80. The van der Waals surface area contributed by atoms with Crippen LogP contribution in [-0.4, -0.2) is 64.7 Å². The van der Waals surface area contributed by atoms with E-state index in [-0.39, 0.29) is 5.91 Å². The second-order valence-corrected chi connectivity index (χ2v) is 8.74. The zero-order valence-electron chi connectivity index (χ0n) is 18.8. The highest BCUT2D eigenvalue weighted by atomic mass is 16.2. The van der Waals surface area contributed by atoms with Gasteiger partial charge in [-0.3, -0.25) is 14.5 Å². The van der Waals surface area contributed by atoms with E-state index in [1.54, 1.807) is 0 Å². The molecule has 0 aliphatic carbocycles. The van der Waals surface area contributed by atoms with Crippen LogP contribution >= 0.6 is 0 Å². The third-order valence-corrected chi connectivity index (χ3v) is 6.41. The van der Waals surface area contributed by atoms with Crippen LogP contribution in [0, 0.1) is 5.92 Å². The molecule has 1 amide bonds. The highest BCUT2D eigenvalue weighted by molar-refractivity contribution is 5.80. The number of nitrogens with zero attached hydrogens (tertiary/aromatic N) is 5. The van der Waals surface area contributed by atoms with Crippen LogP contribution in [-0.2, 0) is 31.2 Å². The first-order chi connectivity index (χ1) is 15.1. The number of hydrogen-bond acceptors (Lipinski definition) is 3. The molecule has 1 unspecified atom stereocenters. The van der Waals surface area contributed by atoms with Gasteiger partial charge in [0.15, 0.2) is 5.96 Å². The number of carbonyl (C=O) groups is 1. The second-order valence-electron chi connectivity index (χ2n) is 8.74. The number of carbonyl (C=O) groups excluding carboxylic acids is 1. The van der Waals surface area contributed by atoms with Crippen molar-refractivity contribution in [1.82, 2.24) is 24.9 Å². The predicted molar refractivity (Wildman–Crippen MR) is 123 cm³/mol. The predicted octanol–water partition coefficient (Wildman–Crippen LogP) is 2.22. The molecule has 2 aromatic rings. The zero-order valence-corrected chi connectivity index (χ0v) is 18.8. The SMILES string of the molecule is CN=C(NCCCC(=O)N1CCc2ccccc2C1)N1CCC(Cc2cnn(C)c2)C1. The van der Waals surface area contributed by atoms with E-state index >= 15 is 0 Å². The number of fused-ring (bicyclic) bond motifs is 1. The fourth-order valence-corrected chi connectivity index (χ4v) is 4.74. The van der Waals surface area contributed by atoms with E-state index in [0.29, 0.717) is 12.3 Å². The van der Waals surface area contributed by atoms with Gasteiger partial charge in [-0.05, 0) is 48.3 Å². The smallest absolute Gasteiger partial charge is 0.222 e. The topological polar surface area (TPSA) is 65.8 Å². The fraction of sp³-hybridized carbons (Fsp3) is 0.542. The summed E-state index contributed by atoms with van der Waals surface area (Å²) in [6.45, 7) is 4.39. The van der Waals surface area contributed by atoms with Crippen molar-refractivity contribution in [3.05, 3.63) is 53.3 Å². The molecule has 1 aromatic heterocycles. The number of benzene rings is 1. The Labute approximate surface area is 185 Å². The van der Waals surface area contributed by atoms with Gasteiger partial charge in [0.25, 0.3) is 0 Å². The molecule has 2 aliphatic rings. The lowest BCUT2D eigenvalue weighted by molar-refractivity contribution is -0.132. The molecule has 1 fully saturated rings. The molecule has 1 saturated heterocycles. The minimum Gasteiger partial charge on any atom is -0.356 e. The van der Waals surface area contributed by atoms with Crippen molar-refractivity contribution < 1.29 is 4.79 Å². The minimum atomic E-state index is 0.254. The summed E-state index contributed by atoms with van der Waals surface area (Å²) in [5.74, 6) is 1.84. The van der Waals surface area contributed by atoms with E-state index in [1.165, 1.54) is 23.1 Å². The van der Waals surface area contributed by atoms with Crippen LogP contribution in [0.4, 0.5) is 0 Å². The van der Waals surface area contributed by atoms with Gasteiger partial charge in [0.2, 0.25) is 5.91 Å². The molecule has 0 bridgehead atoms. The molecule has 7 nitrogen and oxygen atoms in total. The van der Waals surface area contributed by atoms with Gasteiger partial charge < -0.3 is 15.1 Å². The maximum Gasteiger partial charge on any atom is 0.222 e. The van der Waals surface area contributed by atoms with E-state index < -0.39 is 0 Å². The Balaban J connectivity index is 1.17. The van der Waals surface area contributed by atoms with Crippen LogP contribution in [0.5, 0.6) is 0 Å². The molecule has 7 heteroatoms. The molecule has 4 rings (SSSR count). The van der Waals surface area contributed by atoms with E-state index in [2.05, 4.69) is 50.8 Å². The van der Waals surface area contributed by atoms with Gasteiger partial charge in [0.05, 0.1) is 6.20 Å². The van der Waals surface area contributed by atoms with Crippen LogP contribution < -0.4 is 5.32 Å². The average Bonchev–Trinajstić information content (AvgIpc) is 3.42. The number of hydrogen-bond donors (Lipinski definition) is 1. The molecule has 1 N–H and O–H groups in total. The van der Waals surface area contributed by atoms with Gasteiger partial charge in [-0.2, -0.15) is 5.10 Å². The summed E-state index contributed by atoms with van der Waals surface area (Å²) in [5, 5.41) is 7.74. The first-order valence-corrected chi connectivity index (χ1v) is 11.4. The first kappa shape index (κ1) is 21.4. The lowest BCUT2D eigenvalue weighted by atomic mass is 9.99. The maximum absolute atomic E-state index is 12.6. The van der Waals surface area contributed by atoms with Crippen LogP contribution in [0.25, 0.3) is 0 Å². The van der Waals surface area contributed by atoms with Crippen molar-refractivity contribution in [3.8, 4) is 0 Å². The Kier molecular flexibility index (Phi) is 6.89. The summed E-state index contributed by atoms with van der Waals surface area (Å²) < 4.78 is 1.87. The molecule has 166 valence electrons. The van der Waals surface area contributed by atoms with Gasteiger partial charge in [-0.1, -0.05) is 24.3 Å². The molecular formula is C24H34N6O. The minimum absolute atomic E-state index is 0.254. The van der Waals surface area contributed by atoms with Gasteiger partial charge >= 0.3 is 0 Å². The summed E-state index contributed by atoms with van der Waals surface area (Å²) in [4.78, 5) is 21.5. The third-order valence-electron chi connectivity index (χ3n) is 6.41. The summed E-state index contributed by atoms with van der Waals surface area (Å²) in [5.41, 5.74) is 3.97. The maximum atomic E-state index is 12.6. The number of amides is 1. The average molecular weight is 423 g/mol. The quantitative estimate of drug-likeness (QED) is 0.440. The Hall–Kier alpha value is -2.83. The number of aryl methyl sites for hydroxylation is 1. The van der Waals surface area contributed by atoms with Crippen LogP contribution in [0.3, 0.4) is 0 Å². The van der Waals surface area contributed by atoms with Gasteiger partial charge in [0.1, 0.15) is 0 Å². The molecule has 0 saturated carbocycles. The molecule has 0 spiro atoms. The van der Waals surface area contributed by atoms with E-state index in [0.717, 1.165) is 57.9 Å². The second kappa shape index (κ2) is 9.98. The largest absolute Gasteiger partial charge is 0.356 e. The Morgan fingerprint density at radius 2 is 2.06 bits per heavy atom. The number of likely N-dealkylation sites (tertiary alicyclic amines) is 1. The molecule has 3 heterocycles. The molecule has 0 radical (unpaired) electrons. The summed E-state index contributed by atoms with van der Waals surface area (Å²) >= 11 is 0. The fourth-order valence-electron chi connectivity index (χ4n) is 4.74. The normalized spacial score (nSPS) is 18.9. The standard InChI is InChI=1S/C24H34N6O/c1-25-24(30-12-9-19(17-30)14-20-15-27-28(2)16-20)26-11-5-8-23(31)29-13-10-21-6-3-4-7-22(21)18-29/h3-4,6-7,15-16,19H,5,8-14,17-18H2,1-2H3,(H,25,26). The number of aliphatic imine (C=N–C) groups is 1. The van der Waals surface area contributed by atoms with Crippen molar-refractivity contribution in [1.29, 1.82) is 0 Å². The Morgan fingerprint density at radius 3 is 2.84 bits per heavy atom. The molecule has 1 aromatic carbocycles. The van der Waals surface area contributed by atoms with Crippen molar-refractivity contribution in [2.75, 3.05) is 33.2 Å². The summed E-state index contributed by atoms with van der Waals surface area (Å²) in [6, 6.07) is 8.45. The molecule has 31 heavy (non-hydrogen) atoms. The van der Waals surface area contributed by atoms with Crippen LogP contribution in [0.15, 0.2) is 41.7 Å². The van der Waals surface area contributed by atoms with Gasteiger partial charge in [-0.15, -0.1) is 0 Å². The van der Waals surface area contributed by atoms with E-state index in [4.69, 9.17) is 0 Å². The van der Waals surface area contributed by atoms with E-state index in [1.807, 2.05) is 29.9 Å². The highest BCUT2D eigenvalue weighted by Crippen LogP contribution is 2.21. The summed E-state index contributed by atoms with van der Waals surface area (Å²) in [6.07, 6.45) is 8.67. The first-order valence-electron chi connectivity index (χ1n) is 11.4. The van der Waals surface area contributed by atoms with Crippen LogP contribution in [0.1, 0.15) is 36.0 Å². The lowest BCUT2D eigenvalue weighted by Gasteiger charge is -2.29. The number of guanidine groups is 1. The van der Waals surface area contributed by atoms with Crippen molar-refractivity contribution >= 4 is 11.9 Å². The Bertz CT molecular complexity index is 920. The monoisotopic (exact) mass is 422 g/mol. The zero-order chi connectivity index (χ0) is 21.6. The van der Waals surface area contributed by atoms with Gasteiger partial charge in [0, 0.05) is 59.4 Å². The van der Waals surface area contributed by atoms with Crippen molar-refractivity contribution in [2.24, 2.45) is 18.0 Å². The molecule has 1 atom stereocenters. The number of rotatable bonds is 6.